The number of amides is 4. The molecule has 4 amide bonds. The molecule has 5 rings (SSSR count). The third kappa shape index (κ3) is 16.7. The van der Waals surface area contributed by atoms with Crippen molar-refractivity contribution in [3.63, 3.8) is 0 Å². The van der Waals surface area contributed by atoms with E-state index in [-0.39, 0.29) is 73.5 Å². The first kappa shape index (κ1) is 63.7. The Morgan fingerprint density at radius 2 is 1.69 bits per heavy atom. The number of allylic oxidation sites excluding steroid dienone is 10. The zero-order valence-corrected chi connectivity index (χ0v) is 47.5. The van der Waals surface area contributed by atoms with Crippen molar-refractivity contribution in [1.29, 1.82) is 0 Å². The fourth-order valence-corrected chi connectivity index (χ4v) is 11.3. The SMILES string of the molecule is CCC1CC(C)C2(NC1=O)OC(CC(O)C(C)CCC=CC=C(C)C1CC=CC=CC(O)C(C)C(O)C(CCC(C)=O)C(=O)NC(C(C)C)C(=O)NC(C=C3C=C(F)C=CC3)C(=O)N3CCCC(N3)C(=O)O1)C(C)C(O)C2C. The van der Waals surface area contributed by atoms with Gasteiger partial charge in [-0.3, -0.25) is 29.0 Å². The summed E-state index contributed by atoms with van der Waals surface area (Å²) in [5.74, 6) is -7.08. The summed E-state index contributed by atoms with van der Waals surface area (Å²) < 4.78 is 27.4. The number of nitrogens with zero attached hydrogens (tertiary/aromatic N) is 1. The summed E-state index contributed by atoms with van der Waals surface area (Å²) in [6.45, 7) is 18.2. The van der Waals surface area contributed by atoms with E-state index >= 15 is 0 Å². The highest BCUT2D eigenvalue weighted by molar-refractivity contribution is 5.94. The van der Waals surface area contributed by atoms with Crippen LogP contribution in [0.3, 0.4) is 0 Å². The highest BCUT2D eigenvalue weighted by Crippen LogP contribution is 2.46. The minimum atomic E-state index is -1.45. The average Bonchev–Trinajstić information content (AvgIpc) is 3.51. The number of hydrogen-bond acceptors (Lipinski definition) is 13. The van der Waals surface area contributed by atoms with Gasteiger partial charge in [0.15, 0.2) is 0 Å². The van der Waals surface area contributed by atoms with Gasteiger partial charge in [0.2, 0.25) is 17.7 Å². The molecule has 78 heavy (non-hydrogen) atoms. The van der Waals surface area contributed by atoms with E-state index in [2.05, 4.69) is 28.3 Å². The number of carbonyl (C=O) groups excluding carboxylic acids is 6. The van der Waals surface area contributed by atoms with Crippen molar-refractivity contribution in [2.45, 2.75) is 200 Å². The Hall–Kier alpha value is -5.11. The van der Waals surface area contributed by atoms with Crippen molar-refractivity contribution < 1.29 is 63.1 Å². The van der Waals surface area contributed by atoms with E-state index in [4.69, 9.17) is 9.47 Å². The lowest BCUT2D eigenvalue weighted by atomic mass is 9.69. The van der Waals surface area contributed by atoms with Crippen molar-refractivity contribution in [2.24, 2.45) is 47.3 Å². The van der Waals surface area contributed by atoms with Gasteiger partial charge in [0.25, 0.3) is 5.91 Å². The summed E-state index contributed by atoms with van der Waals surface area (Å²) in [6.07, 6.45) is 16.3. The number of ether oxygens (including phenoxy) is 2. The number of hydrazine groups is 1. The lowest BCUT2D eigenvalue weighted by Crippen LogP contribution is -2.71. The fraction of sp³-hybridized carbons (Fsp3) is 0.667. The number of aliphatic hydroxyl groups excluding tert-OH is 4. The van der Waals surface area contributed by atoms with Crippen LogP contribution < -0.4 is 21.4 Å². The van der Waals surface area contributed by atoms with Crippen molar-refractivity contribution in [1.82, 2.24) is 26.4 Å². The van der Waals surface area contributed by atoms with E-state index in [0.29, 0.717) is 49.7 Å². The molecule has 4 heterocycles. The predicted molar refractivity (Wildman–Crippen MR) is 295 cm³/mol. The quantitative estimate of drug-likeness (QED) is 0.0714. The highest BCUT2D eigenvalue weighted by atomic mass is 19.1. The second kappa shape index (κ2) is 29.4. The second-order valence-corrected chi connectivity index (χ2v) is 23.1. The molecule has 1 aliphatic carbocycles. The summed E-state index contributed by atoms with van der Waals surface area (Å²) in [7, 11) is 0. The molecule has 5 aliphatic rings. The van der Waals surface area contributed by atoms with E-state index in [9.17, 15) is 53.6 Å². The Bertz CT molecular complexity index is 2330. The Kier molecular flexibility index (Phi) is 24.0. The van der Waals surface area contributed by atoms with Crippen LogP contribution in [0.2, 0.25) is 0 Å². The van der Waals surface area contributed by atoms with Crippen LogP contribution in [0, 0.1) is 47.3 Å². The molecule has 0 radical (unpaired) electrons. The van der Waals surface area contributed by atoms with E-state index < -0.39 is 108 Å². The summed E-state index contributed by atoms with van der Waals surface area (Å²) in [5, 5.41) is 55.6. The van der Waals surface area contributed by atoms with Gasteiger partial charge in [-0.25, -0.2) is 9.82 Å². The van der Waals surface area contributed by atoms with E-state index in [1.165, 1.54) is 36.2 Å². The van der Waals surface area contributed by atoms with Gasteiger partial charge in [-0.1, -0.05) is 104 Å². The number of Topliss-reactive ketones (excluding diaryl/α,β-unsaturated/α-hetero) is 1. The van der Waals surface area contributed by atoms with Gasteiger partial charge >= 0.3 is 5.97 Å². The van der Waals surface area contributed by atoms with Crippen LogP contribution in [0.1, 0.15) is 140 Å². The minimum absolute atomic E-state index is 0.0285. The Labute approximate surface area is 461 Å². The summed E-state index contributed by atoms with van der Waals surface area (Å²) in [5.41, 5.74) is 3.09. The zero-order valence-electron chi connectivity index (χ0n) is 47.5. The fourth-order valence-electron chi connectivity index (χ4n) is 11.3. The maximum atomic E-state index is 14.5. The summed E-state index contributed by atoms with van der Waals surface area (Å²) >= 11 is 0. The van der Waals surface area contributed by atoms with Gasteiger partial charge in [0.05, 0.1) is 36.4 Å². The molecule has 3 fully saturated rings. The number of esters is 1. The van der Waals surface area contributed by atoms with Crippen molar-refractivity contribution in [2.75, 3.05) is 6.54 Å². The minimum Gasteiger partial charge on any atom is -0.456 e. The Morgan fingerprint density at radius 3 is 2.37 bits per heavy atom. The zero-order chi connectivity index (χ0) is 57.6. The van der Waals surface area contributed by atoms with E-state index in [1.807, 2.05) is 52.8 Å². The monoisotopic (exact) mass is 1090 g/mol. The normalized spacial score (nSPS) is 35.6. The van der Waals surface area contributed by atoms with Crippen LogP contribution in [0.25, 0.3) is 0 Å². The topological polar surface area (TPSA) is 253 Å². The van der Waals surface area contributed by atoms with Crippen molar-refractivity contribution >= 4 is 35.4 Å². The number of halogens is 1. The van der Waals surface area contributed by atoms with Crippen molar-refractivity contribution in [3.05, 3.63) is 83.8 Å². The first-order chi connectivity index (χ1) is 36.9. The van der Waals surface area contributed by atoms with Crippen LogP contribution in [0.15, 0.2) is 83.8 Å². The summed E-state index contributed by atoms with van der Waals surface area (Å²) in [4.78, 5) is 82.1. The number of cyclic esters (lactones) is 1. The second-order valence-electron chi connectivity index (χ2n) is 23.1. The molecule has 0 aromatic heterocycles. The molecule has 18 heteroatoms. The molecule has 17 unspecified atom stereocenters. The molecule has 2 bridgehead atoms. The van der Waals surface area contributed by atoms with Crippen LogP contribution in [-0.2, 0) is 38.2 Å². The molecule has 0 saturated carbocycles. The largest absolute Gasteiger partial charge is 0.456 e. The number of rotatable bonds is 14. The molecule has 0 aromatic carbocycles. The Balaban J connectivity index is 1.35. The standard InChI is InChI=1S/C60H90FN5O12/c1-11-43-30-37(6)60(64-55(43)72)41(10)53(70)40(9)51(78-60)33-49(69)35(4)20-14-12-15-21-36(5)50-26-17-13-16-25-48(68)39(8)54(71)45(28-27-38(7)67)56(73)63-52(34(2)3)57(74)62-47(32-42-22-18-23-44(61)31-42)58(75)66-29-19-24-46(65-66)59(76)77-50/h12-13,15-18,21,23,25,31-32,34-35,37,39-41,43,45-54,65,68-71H,11,14,19-20,22,24,26-30,33H2,1-10H3,(H,62,74)(H,63,73)(H,64,72). The smallest absolute Gasteiger partial charge is 0.325 e. The number of hydrogen-bond donors (Lipinski definition) is 8. The molecule has 434 valence electrons. The summed E-state index contributed by atoms with van der Waals surface area (Å²) in [6, 6.07) is -3.57. The number of fused-ring (bicyclic) bond motifs is 2. The van der Waals surface area contributed by atoms with Crippen LogP contribution in [0.5, 0.6) is 0 Å². The molecular formula is C60H90FN5O12. The van der Waals surface area contributed by atoms with Gasteiger partial charge in [-0.15, -0.1) is 0 Å². The molecule has 17 atom stereocenters. The van der Waals surface area contributed by atoms with Crippen LogP contribution in [-0.4, -0.2) is 128 Å². The van der Waals surface area contributed by atoms with Crippen molar-refractivity contribution in [3.8, 4) is 0 Å². The maximum absolute atomic E-state index is 14.5. The lowest BCUT2D eigenvalue weighted by molar-refractivity contribution is -0.267. The molecule has 1 spiro atoms. The van der Waals surface area contributed by atoms with Crippen LogP contribution >= 0.6 is 0 Å². The van der Waals surface area contributed by atoms with Gasteiger partial charge in [-0.2, -0.15) is 0 Å². The molecule has 3 saturated heterocycles. The van der Waals surface area contributed by atoms with E-state index in [0.717, 1.165) is 6.42 Å². The lowest BCUT2D eigenvalue weighted by Gasteiger charge is -2.56. The predicted octanol–water partition coefficient (Wildman–Crippen LogP) is 6.20. The van der Waals surface area contributed by atoms with Gasteiger partial charge in [-0.05, 0) is 106 Å². The van der Waals surface area contributed by atoms with Crippen LogP contribution in [0.4, 0.5) is 4.39 Å². The number of ketones is 1. The molecule has 0 aromatic rings. The molecule has 17 nitrogen and oxygen atoms in total. The first-order valence-electron chi connectivity index (χ1n) is 28.4. The van der Waals surface area contributed by atoms with Gasteiger partial charge < -0.3 is 50.6 Å². The number of aliphatic hydroxyl groups is 4. The number of nitrogens with one attached hydrogen (secondary N) is 4. The third-order valence-electron chi connectivity index (χ3n) is 16.8. The first-order valence-corrected chi connectivity index (χ1v) is 28.4. The molecule has 4 aliphatic heterocycles. The molecule has 8 N–H and O–H groups in total. The number of piperidine rings is 1. The number of carbonyl (C=O) groups is 6. The Morgan fingerprint density at radius 1 is 0.962 bits per heavy atom. The maximum Gasteiger partial charge on any atom is 0.325 e. The van der Waals surface area contributed by atoms with Gasteiger partial charge in [0.1, 0.15) is 41.6 Å². The molecular weight excluding hydrogens is 1000 g/mol. The van der Waals surface area contributed by atoms with Gasteiger partial charge in [0, 0.05) is 55.4 Å². The highest BCUT2D eigenvalue weighted by Gasteiger charge is 2.57. The van der Waals surface area contributed by atoms with E-state index in [1.54, 1.807) is 45.1 Å². The third-order valence-corrected chi connectivity index (χ3v) is 16.8. The average molecular weight is 1090 g/mol.